The first kappa shape index (κ1) is 24.2. The minimum Gasteiger partial charge on any atom is -0.392 e. The van der Waals surface area contributed by atoms with Crippen LogP contribution in [0.3, 0.4) is 0 Å². The van der Waals surface area contributed by atoms with Crippen LogP contribution in [0.2, 0.25) is 0 Å². The Morgan fingerprint density at radius 3 is 2.42 bits per heavy atom. The SMILES string of the molecule is CC1CCN(C(=O)[C@@H](C)[C@H]2CC[C@@]3(C)CC[C@H](NC(=O)c4ccncc4)[C@@H](C)[C@@H]3[C@H]2O)CC1. The molecule has 2 aliphatic carbocycles. The van der Waals surface area contributed by atoms with Crippen LogP contribution in [-0.2, 0) is 4.79 Å². The van der Waals surface area contributed by atoms with E-state index >= 15 is 0 Å². The van der Waals surface area contributed by atoms with Gasteiger partial charge in [-0.05, 0) is 79.7 Å². The highest BCUT2D eigenvalue weighted by atomic mass is 16.3. The Balaban J connectivity index is 1.45. The van der Waals surface area contributed by atoms with Crippen LogP contribution in [0.25, 0.3) is 0 Å². The lowest BCUT2D eigenvalue weighted by atomic mass is 9.51. The van der Waals surface area contributed by atoms with E-state index in [-0.39, 0.29) is 46.9 Å². The molecule has 1 aromatic rings. The summed E-state index contributed by atoms with van der Waals surface area (Å²) in [4.78, 5) is 32.1. The van der Waals surface area contributed by atoms with Gasteiger partial charge in [-0.1, -0.05) is 27.7 Å². The van der Waals surface area contributed by atoms with Crippen LogP contribution < -0.4 is 5.32 Å². The number of carbonyl (C=O) groups excluding carboxylic acids is 2. The van der Waals surface area contributed by atoms with Crippen molar-refractivity contribution in [2.75, 3.05) is 13.1 Å². The third-order valence-electron chi connectivity index (χ3n) is 9.27. The number of amides is 2. The maximum Gasteiger partial charge on any atom is 0.251 e. The predicted molar refractivity (Wildman–Crippen MR) is 128 cm³/mol. The second-order valence-electron chi connectivity index (χ2n) is 11.4. The number of aromatic nitrogens is 1. The third-order valence-corrected chi connectivity index (χ3v) is 9.27. The number of piperidine rings is 1. The lowest BCUT2D eigenvalue weighted by Gasteiger charge is -2.56. The standard InChI is InChI=1S/C27H41N3O3/c1-17-9-15-30(16-10-17)26(33)18(2)21-5-11-27(4)12-6-22(19(3)23(27)24(21)31)29-25(32)20-7-13-28-14-8-20/h7-8,13-14,17-19,21-24,31H,5-6,9-12,15-16H2,1-4H3,(H,29,32)/t18-,19+,21+,22-,23+,24-,27-/m0/s1. The number of pyridine rings is 1. The summed E-state index contributed by atoms with van der Waals surface area (Å²) in [5.41, 5.74) is 0.666. The fraction of sp³-hybridized carbons (Fsp3) is 0.741. The summed E-state index contributed by atoms with van der Waals surface area (Å²) in [6, 6.07) is 3.48. The number of nitrogens with zero attached hydrogens (tertiary/aromatic N) is 2. The number of hydrogen-bond donors (Lipinski definition) is 2. The first-order valence-corrected chi connectivity index (χ1v) is 12.9. The lowest BCUT2D eigenvalue weighted by Crippen LogP contribution is -2.58. The van der Waals surface area contributed by atoms with Gasteiger partial charge in [0.15, 0.2) is 0 Å². The second-order valence-corrected chi connectivity index (χ2v) is 11.4. The molecule has 6 heteroatoms. The molecule has 182 valence electrons. The Kier molecular flexibility index (Phi) is 7.13. The first-order valence-electron chi connectivity index (χ1n) is 12.9. The van der Waals surface area contributed by atoms with Crippen molar-refractivity contribution in [3.05, 3.63) is 30.1 Å². The number of fused-ring (bicyclic) bond motifs is 1. The van der Waals surface area contributed by atoms with Gasteiger partial charge in [0.05, 0.1) is 6.10 Å². The quantitative estimate of drug-likeness (QED) is 0.721. The van der Waals surface area contributed by atoms with Crippen LogP contribution in [0.5, 0.6) is 0 Å². The predicted octanol–water partition coefficient (Wildman–Crippen LogP) is 3.90. The summed E-state index contributed by atoms with van der Waals surface area (Å²) < 4.78 is 0. The van der Waals surface area contributed by atoms with E-state index in [1.165, 1.54) is 0 Å². The number of aliphatic hydroxyl groups is 1. The number of hydrogen-bond acceptors (Lipinski definition) is 4. The number of nitrogens with one attached hydrogen (secondary N) is 1. The maximum absolute atomic E-state index is 13.3. The van der Waals surface area contributed by atoms with Gasteiger partial charge in [0.25, 0.3) is 5.91 Å². The normalized spacial score (nSPS) is 36.0. The van der Waals surface area contributed by atoms with Crippen LogP contribution in [0.4, 0.5) is 0 Å². The van der Waals surface area contributed by atoms with E-state index in [9.17, 15) is 14.7 Å². The largest absolute Gasteiger partial charge is 0.392 e. The minimum atomic E-state index is -0.526. The molecule has 2 amide bonds. The van der Waals surface area contributed by atoms with Crippen LogP contribution in [0.15, 0.2) is 24.5 Å². The lowest BCUT2D eigenvalue weighted by molar-refractivity contribution is -0.151. The van der Waals surface area contributed by atoms with E-state index in [0.29, 0.717) is 11.5 Å². The van der Waals surface area contributed by atoms with Crippen molar-refractivity contribution >= 4 is 11.8 Å². The molecule has 0 aromatic carbocycles. The fourth-order valence-corrected chi connectivity index (χ4v) is 6.95. The van der Waals surface area contributed by atoms with Crippen LogP contribution in [0, 0.1) is 35.0 Å². The molecule has 33 heavy (non-hydrogen) atoms. The van der Waals surface area contributed by atoms with Gasteiger partial charge in [-0.2, -0.15) is 0 Å². The molecule has 1 aliphatic heterocycles. The Hall–Kier alpha value is -1.95. The molecular weight excluding hydrogens is 414 g/mol. The zero-order valence-electron chi connectivity index (χ0n) is 20.7. The van der Waals surface area contributed by atoms with Crippen LogP contribution in [0.1, 0.15) is 76.6 Å². The maximum atomic E-state index is 13.3. The van der Waals surface area contributed by atoms with E-state index in [4.69, 9.17) is 0 Å². The Morgan fingerprint density at radius 2 is 1.76 bits per heavy atom. The topological polar surface area (TPSA) is 82.5 Å². The van der Waals surface area contributed by atoms with Crippen LogP contribution >= 0.6 is 0 Å². The Bertz CT molecular complexity index is 838. The van der Waals surface area contributed by atoms with Gasteiger partial charge in [0.1, 0.15) is 0 Å². The van der Waals surface area contributed by atoms with Crippen molar-refractivity contribution in [1.82, 2.24) is 15.2 Å². The summed E-state index contributed by atoms with van der Waals surface area (Å²) in [6.45, 7) is 10.4. The van der Waals surface area contributed by atoms with Gasteiger partial charge >= 0.3 is 0 Å². The molecule has 0 unspecified atom stereocenters. The highest BCUT2D eigenvalue weighted by Crippen LogP contribution is 2.55. The van der Waals surface area contributed by atoms with E-state index in [0.717, 1.165) is 51.6 Å². The first-order chi connectivity index (χ1) is 15.7. The molecule has 2 saturated carbocycles. The van der Waals surface area contributed by atoms with Gasteiger partial charge < -0.3 is 15.3 Å². The summed E-state index contributed by atoms with van der Waals surface area (Å²) in [5.74, 6) is 0.842. The number of likely N-dealkylation sites (tertiary alicyclic amines) is 1. The number of rotatable bonds is 4. The van der Waals surface area contributed by atoms with E-state index in [2.05, 4.69) is 31.1 Å². The second kappa shape index (κ2) is 9.73. The Labute approximate surface area is 198 Å². The zero-order chi connectivity index (χ0) is 23.8. The molecule has 2 heterocycles. The summed E-state index contributed by atoms with van der Waals surface area (Å²) in [6.07, 6.45) is 8.71. The Morgan fingerprint density at radius 1 is 1.12 bits per heavy atom. The van der Waals surface area contributed by atoms with E-state index < -0.39 is 6.10 Å². The highest BCUT2D eigenvalue weighted by molar-refractivity contribution is 5.94. The van der Waals surface area contributed by atoms with Gasteiger partial charge in [-0.3, -0.25) is 14.6 Å². The molecular formula is C27H41N3O3. The summed E-state index contributed by atoms with van der Waals surface area (Å²) >= 11 is 0. The van der Waals surface area contributed by atoms with Crippen molar-refractivity contribution in [1.29, 1.82) is 0 Å². The number of carbonyl (C=O) groups is 2. The van der Waals surface area contributed by atoms with Crippen molar-refractivity contribution in [3.8, 4) is 0 Å². The van der Waals surface area contributed by atoms with E-state index in [1.807, 2.05) is 11.8 Å². The molecule has 1 saturated heterocycles. The molecule has 0 bridgehead atoms. The molecule has 0 radical (unpaired) electrons. The molecule has 2 N–H and O–H groups in total. The van der Waals surface area contributed by atoms with Gasteiger partial charge in [0, 0.05) is 43.0 Å². The molecule has 1 aromatic heterocycles. The number of aliphatic hydroxyl groups excluding tert-OH is 1. The van der Waals surface area contributed by atoms with E-state index in [1.54, 1.807) is 24.5 Å². The van der Waals surface area contributed by atoms with Gasteiger partial charge in [-0.25, -0.2) is 0 Å². The molecule has 0 spiro atoms. The monoisotopic (exact) mass is 455 g/mol. The molecule has 4 rings (SSSR count). The summed E-state index contributed by atoms with van der Waals surface area (Å²) in [5, 5.41) is 14.9. The van der Waals surface area contributed by atoms with Crippen molar-refractivity contribution in [2.45, 2.75) is 78.4 Å². The highest BCUT2D eigenvalue weighted by Gasteiger charge is 2.54. The van der Waals surface area contributed by atoms with Gasteiger partial charge in [0.2, 0.25) is 5.91 Å². The average molecular weight is 456 g/mol. The minimum absolute atomic E-state index is 0.0201. The summed E-state index contributed by atoms with van der Waals surface area (Å²) in [7, 11) is 0. The average Bonchev–Trinajstić information content (AvgIpc) is 2.81. The third kappa shape index (κ3) is 4.82. The van der Waals surface area contributed by atoms with Gasteiger partial charge in [-0.15, -0.1) is 0 Å². The van der Waals surface area contributed by atoms with Crippen molar-refractivity contribution < 1.29 is 14.7 Å². The molecule has 3 aliphatic rings. The molecule has 3 fully saturated rings. The molecule has 7 atom stereocenters. The zero-order valence-corrected chi connectivity index (χ0v) is 20.7. The fourth-order valence-electron chi connectivity index (χ4n) is 6.95. The molecule has 6 nitrogen and oxygen atoms in total. The van der Waals surface area contributed by atoms with Crippen molar-refractivity contribution in [2.24, 2.45) is 35.0 Å². The van der Waals surface area contributed by atoms with Crippen molar-refractivity contribution in [3.63, 3.8) is 0 Å². The smallest absolute Gasteiger partial charge is 0.251 e. The van der Waals surface area contributed by atoms with Crippen LogP contribution in [-0.4, -0.2) is 52.0 Å².